The largest absolute Gasteiger partial charge is 0.394 e. The maximum Gasteiger partial charge on any atom is 0.349 e. The van der Waals surface area contributed by atoms with Crippen LogP contribution in [-0.4, -0.2) is 122 Å². The Labute approximate surface area is 170 Å². The number of carbonyl (C=O) groups excluding carboxylic acids is 2. The van der Waals surface area contributed by atoms with Crippen molar-refractivity contribution in [1.29, 1.82) is 0 Å². The molecule has 0 aliphatic carbocycles. The van der Waals surface area contributed by atoms with Crippen LogP contribution in [0.4, 0.5) is 0 Å². The standard InChI is InChI=1S/C16H26O14/c1-6(19)2-9(20)30-26-5-16(14(25)11(22)8(4-18)28-16)29-15-13(24)12(23)10(21)7(3-17)27-15/h7-8,10-15,17-18,21-25H,2-5H2,1H3/t7-,8-,10-,11-,12+,13-,14+,15-,16+/m1/s1. The first-order valence-corrected chi connectivity index (χ1v) is 9.01. The Morgan fingerprint density at radius 1 is 0.933 bits per heavy atom. The summed E-state index contributed by atoms with van der Waals surface area (Å²) in [5, 5.41) is 68.9. The molecule has 30 heavy (non-hydrogen) atoms. The van der Waals surface area contributed by atoms with Gasteiger partial charge in [-0.3, -0.25) is 9.68 Å². The van der Waals surface area contributed by atoms with Crippen LogP contribution in [0.3, 0.4) is 0 Å². The number of ether oxygens (including phenoxy) is 3. The normalized spacial score (nSPS) is 41.6. The summed E-state index contributed by atoms with van der Waals surface area (Å²) in [6, 6.07) is 0. The number of carbonyl (C=O) groups is 2. The Balaban J connectivity index is 2.18. The lowest BCUT2D eigenvalue weighted by molar-refractivity contribution is -0.406. The highest BCUT2D eigenvalue weighted by molar-refractivity contribution is 5.93. The number of aliphatic hydroxyl groups is 7. The second-order valence-corrected chi connectivity index (χ2v) is 7.00. The van der Waals surface area contributed by atoms with Gasteiger partial charge in [0.15, 0.2) is 12.9 Å². The van der Waals surface area contributed by atoms with Gasteiger partial charge in [-0.25, -0.2) is 4.79 Å². The minimum absolute atomic E-state index is 0.510. The summed E-state index contributed by atoms with van der Waals surface area (Å²) < 4.78 is 15.9. The van der Waals surface area contributed by atoms with E-state index in [1.807, 2.05) is 0 Å². The highest BCUT2D eigenvalue weighted by Crippen LogP contribution is 2.36. The fourth-order valence-electron chi connectivity index (χ4n) is 3.03. The molecule has 0 amide bonds. The van der Waals surface area contributed by atoms with Crippen LogP contribution in [-0.2, 0) is 33.6 Å². The second-order valence-electron chi connectivity index (χ2n) is 7.00. The van der Waals surface area contributed by atoms with Crippen molar-refractivity contribution in [3.63, 3.8) is 0 Å². The van der Waals surface area contributed by atoms with Gasteiger partial charge in [0.25, 0.3) is 0 Å². The van der Waals surface area contributed by atoms with Gasteiger partial charge in [-0.1, -0.05) is 0 Å². The van der Waals surface area contributed by atoms with Gasteiger partial charge in [0, 0.05) is 0 Å². The SMILES string of the molecule is CC(=O)CC(=O)OOC[C@@]1(O[C@H]2O[C@H](CO)[C@@H](O)[C@H](O)[C@H]2O)O[C@H](CO)[C@@H](O)[C@@H]1O. The lowest BCUT2D eigenvalue weighted by Crippen LogP contribution is -2.62. The van der Waals surface area contributed by atoms with Crippen LogP contribution in [0.2, 0.25) is 0 Å². The Kier molecular flexibility index (Phi) is 8.60. The predicted molar refractivity (Wildman–Crippen MR) is 88.9 cm³/mol. The fourth-order valence-corrected chi connectivity index (χ4v) is 3.03. The summed E-state index contributed by atoms with van der Waals surface area (Å²) >= 11 is 0. The molecule has 0 unspecified atom stereocenters. The highest BCUT2D eigenvalue weighted by Gasteiger charge is 2.59. The Bertz CT molecular complexity index is 598. The third-order valence-electron chi connectivity index (χ3n) is 4.66. The van der Waals surface area contributed by atoms with Crippen LogP contribution in [0.1, 0.15) is 13.3 Å². The van der Waals surface area contributed by atoms with Gasteiger partial charge >= 0.3 is 5.97 Å². The zero-order valence-electron chi connectivity index (χ0n) is 15.9. The topological polar surface area (TPSA) is 222 Å². The van der Waals surface area contributed by atoms with Crippen LogP contribution < -0.4 is 0 Å². The van der Waals surface area contributed by atoms with Crippen molar-refractivity contribution < 1.29 is 69.3 Å². The van der Waals surface area contributed by atoms with Crippen molar-refractivity contribution in [2.45, 2.75) is 68.1 Å². The number of aliphatic hydroxyl groups excluding tert-OH is 7. The average Bonchev–Trinajstić information content (AvgIpc) is 2.92. The summed E-state index contributed by atoms with van der Waals surface area (Å²) in [5.41, 5.74) is 0. The molecule has 7 N–H and O–H groups in total. The van der Waals surface area contributed by atoms with Crippen LogP contribution in [0.15, 0.2) is 0 Å². The smallest absolute Gasteiger partial charge is 0.349 e. The van der Waals surface area contributed by atoms with Gasteiger partial charge in [-0.2, -0.15) is 4.89 Å². The minimum Gasteiger partial charge on any atom is -0.394 e. The average molecular weight is 442 g/mol. The molecule has 0 bridgehead atoms. The third kappa shape index (κ3) is 5.30. The zero-order valence-corrected chi connectivity index (χ0v) is 15.9. The number of hydrogen-bond donors (Lipinski definition) is 7. The van der Waals surface area contributed by atoms with E-state index in [0.717, 1.165) is 6.92 Å². The molecule has 0 aromatic heterocycles. The summed E-state index contributed by atoms with van der Waals surface area (Å²) in [7, 11) is 0. The summed E-state index contributed by atoms with van der Waals surface area (Å²) in [4.78, 5) is 31.4. The van der Waals surface area contributed by atoms with Crippen LogP contribution in [0.5, 0.6) is 0 Å². The van der Waals surface area contributed by atoms with E-state index in [1.54, 1.807) is 0 Å². The lowest BCUT2D eigenvalue weighted by atomic mass is 9.99. The van der Waals surface area contributed by atoms with Crippen molar-refractivity contribution in [3.05, 3.63) is 0 Å². The van der Waals surface area contributed by atoms with Gasteiger partial charge in [0.05, 0.1) is 13.2 Å². The van der Waals surface area contributed by atoms with Crippen LogP contribution >= 0.6 is 0 Å². The maximum absolute atomic E-state index is 11.4. The van der Waals surface area contributed by atoms with Crippen LogP contribution in [0.25, 0.3) is 0 Å². The molecule has 14 nitrogen and oxygen atoms in total. The van der Waals surface area contributed by atoms with Crippen molar-refractivity contribution >= 4 is 11.8 Å². The summed E-state index contributed by atoms with van der Waals surface area (Å²) in [6.07, 6.45) is -14.1. The first kappa shape index (κ1) is 25.0. The van der Waals surface area contributed by atoms with Gasteiger partial charge in [-0.05, 0) is 6.92 Å². The fraction of sp³-hybridized carbons (Fsp3) is 0.875. The van der Waals surface area contributed by atoms with Gasteiger partial charge in [0.1, 0.15) is 54.9 Å². The molecule has 0 saturated carbocycles. The van der Waals surface area contributed by atoms with E-state index in [9.17, 15) is 45.3 Å². The van der Waals surface area contributed by atoms with Crippen LogP contribution in [0, 0.1) is 0 Å². The predicted octanol–water partition coefficient (Wildman–Crippen LogP) is -4.93. The molecule has 0 aromatic carbocycles. The van der Waals surface area contributed by atoms with Gasteiger partial charge < -0.3 is 50.0 Å². The molecule has 2 aliphatic heterocycles. The molecule has 9 atom stereocenters. The van der Waals surface area contributed by atoms with Gasteiger partial charge in [-0.15, -0.1) is 0 Å². The maximum atomic E-state index is 11.4. The zero-order chi connectivity index (χ0) is 22.6. The molecule has 2 saturated heterocycles. The van der Waals surface area contributed by atoms with Crippen molar-refractivity contribution in [3.8, 4) is 0 Å². The quantitative estimate of drug-likeness (QED) is 0.101. The minimum atomic E-state index is -2.38. The van der Waals surface area contributed by atoms with E-state index in [1.165, 1.54) is 0 Å². The van der Waals surface area contributed by atoms with E-state index >= 15 is 0 Å². The van der Waals surface area contributed by atoms with E-state index in [4.69, 9.17) is 14.2 Å². The van der Waals surface area contributed by atoms with E-state index < -0.39 is 92.8 Å². The number of Topliss-reactive ketones (excluding diaryl/α,β-unsaturated/α-hetero) is 1. The molecule has 2 fully saturated rings. The number of ketones is 1. The molecule has 2 aliphatic rings. The lowest BCUT2D eigenvalue weighted by Gasteiger charge is -2.43. The summed E-state index contributed by atoms with van der Waals surface area (Å²) in [6.45, 7) is -1.30. The first-order valence-electron chi connectivity index (χ1n) is 9.01. The number of rotatable bonds is 9. The molecular formula is C16H26O14. The third-order valence-corrected chi connectivity index (χ3v) is 4.66. The van der Waals surface area contributed by atoms with Crippen molar-refractivity contribution in [2.75, 3.05) is 19.8 Å². The Morgan fingerprint density at radius 2 is 1.57 bits per heavy atom. The van der Waals surface area contributed by atoms with E-state index in [-0.39, 0.29) is 0 Å². The van der Waals surface area contributed by atoms with E-state index in [0.29, 0.717) is 0 Å². The molecule has 0 aromatic rings. The van der Waals surface area contributed by atoms with Crippen molar-refractivity contribution in [2.24, 2.45) is 0 Å². The van der Waals surface area contributed by atoms with E-state index in [2.05, 4.69) is 9.78 Å². The van der Waals surface area contributed by atoms with Crippen molar-refractivity contribution in [1.82, 2.24) is 0 Å². The molecule has 0 spiro atoms. The highest BCUT2D eigenvalue weighted by atomic mass is 17.2. The number of hydrogen-bond acceptors (Lipinski definition) is 14. The summed E-state index contributed by atoms with van der Waals surface area (Å²) in [5.74, 6) is -3.96. The Morgan fingerprint density at radius 3 is 2.10 bits per heavy atom. The molecule has 2 rings (SSSR count). The molecular weight excluding hydrogens is 416 g/mol. The Hall–Kier alpha value is -1.30. The monoisotopic (exact) mass is 442 g/mol. The first-order chi connectivity index (χ1) is 14.1. The molecule has 14 heteroatoms. The molecule has 174 valence electrons. The molecule has 0 radical (unpaired) electrons. The second kappa shape index (κ2) is 10.3. The molecule has 2 heterocycles. The van der Waals surface area contributed by atoms with Gasteiger partial charge in [0.2, 0.25) is 5.79 Å².